The van der Waals surface area contributed by atoms with E-state index in [-0.39, 0.29) is 36.6 Å². The summed E-state index contributed by atoms with van der Waals surface area (Å²) in [7, 11) is 0.414. The Morgan fingerprint density at radius 2 is 1.78 bits per heavy atom. The van der Waals surface area contributed by atoms with E-state index in [0.717, 1.165) is 48.9 Å². The number of fused-ring (bicyclic) bond motifs is 1. The molecule has 304 valence electrons. The molecule has 2 aromatic carbocycles. The predicted octanol–water partition coefficient (Wildman–Crippen LogP) is 5.22. The number of hydrogen-bond donors (Lipinski definition) is 2. The molecule has 2 N–H and O–H groups in total. The molecular formula is C40H45F2N11O4S. The number of anilines is 2. The van der Waals surface area contributed by atoms with E-state index in [9.17, 15) is 33.1 Å². The second-order valence-electron chi connectivity index (χ2n) is 15.0. The Hall–Kier alpha value is -5.56. The smallest absolute Gasteiger partial charge is 0.387 e. The molecule has 0 spiro atoms. The molecule has 2 aromatic heterocycles. The number of alkyl halides is 2. The Balaban J connectivity index is 0.947. The van der Waals surface area contributed by atoms with Gasteiger partial charge in [0.15, 0.2) is 11.6 Å². The summed E-state index contributed by atoms with van der Waals surface area (Å²) in [6, 6.07) is 15.8. The van der Waals surface area contributed by atoms with Gasteiger partial charge in [0.05, 0.1) is 40.5 Å². The summed E-state index contributed by atoms with van der Waals surface area (Å²) in [5.41, 5.74) is 3.51. The molecule has 4 aromatic rings. The fourth-order valence-electron chi connectivity index (χ4n) is 8.14. The highest BCUT2D eigenvalue weighted by Gasteiger charge is 2.30. The molecule has 0 aliphatic carbocycles. The number of hydrogen-bond acceptors (Lipinski definition) is 11. The minimum absolute atomic E-state index is 0.0146. The van der Waals surface area contributed by atoms with Crippen LogP contribution in [0.3, 0.4) is 0 Å². The number of halogens is 2. The fraction of sp³-hybridized carbons (Fsp3) is 0.475. The summed E-state index contributed by atoms with van der Waals surface area (Å²) in [5.74, 6) is 0.913. The number of carbonyl (C=O) groups is 2. The van der Waals surface area contributed by atoms with E-state index >= 15 is 0 Å². The van der Waals surface area contributed by atoms with Crippen LogP contribution in [-0.2, 0) is 29.2 Å². The van der Waals surface area contributed by atoms with Gasteiger partial charge in [-0.15, -0.1) is 0 Å². The van der Waals surface area contributed by atoms with Crippen LogP contribution in [0.4, 0.5) is 25.3 Å². The maximum Gasteiger partial charge on any atom is 0.387 e. The first-order valence-corrected chi connectivity index (χ1v) is 20.6. The maximum absolute atomic E-state index is 13.8. The highest BCUT2D eigenvalue weighted by Crippen LogP contribution is 2.34. The lowest BCUT2D eigenvalue weighted by Crippen LogP contribution is -2.49. The zero-order valence-electron chi connectivity index (χ0n) is 32.1. The third-order valence-electron chi connectivity index (χ3n) is 11.2. The second-order valence-corrected chi connectivity index (χ2v) is 16.5. The highest BCUT2D eigenvalue weighted by atomic mass is 32.2. The van der Waals surface area contributed by atoms with Crippen LogP contribution < -0.4 is 20.3 Å². The number of nitrogens with one attached hydrogen (secondary N) is 2. The summed E-state index contributed by atoms with van der Waals surface area (Å²) in [6.07, 6.45) is 7.53. The fourth-order valence-corrected chi connectivity index (χ4v) is 9.40. The summed E-state index contributed by atoms with van der Waals surface area (Å²) >= 11 is 0. The largest absolute Gasteiger partial charge is 0.432 e. The van der Waals surface area contributed by atoms with Gasteiger partial charge in [0.2, 0.25) is 11.9 Å². The second kappa shape index (κ2) is 18.4. The van der Waals surface area contributed by atoms with Gasteiger partial charge in [0, 0.05) is 57.5 Å². The van der Waals surface area contributed by atoms with Crippen molar-refractivity contribution in [3.05, 3.63) is 65.5 Å². The van der Waals surface area contributed by atoms with Crippen LogP contribution in [-0.4, -0.2) is 97.0 Å². The Kier molecular flexibility index (Phi) is 12.9. The Labute approximate surface area is 337 Å². The molecule has 2 atom stereocenters. The van der Waals surface area contributed by atoms with Crippen LogP contribution in [0.2, 0.25) is 0 Å². The van der Waals surface area contributed by atoms with Gasteiger partial charge < -0.3 is 15.0 Å². The molecule has 0 bridgehead atoms. The van der Waals surface area contributed by atoms with Gasteiger partial charge >= 0.3 is 12.6 Å². The molecule has 15 nitrogen and oxygen atoms in total. The number of piperidine rings is 2. The average molecular weight is 814 g/mol. The molecule has 0 radical (unpaired) electrons. The number of amides is 3. The van der Waals surface area contributed by atoms with E-state index in [1.54, 1.807) is 16.8 Å². The quantitative estimate of drug-likeness (QED) is 0.170. The average Bonchev–Trinajstić information content (AvgIpc) is 3.55. The van der Waals surface area contributed by atoms with E-state index in [4.69, 9.17) is 0 Å². The van der Waals surface area contributed by atoms with E-state index in [1.165, 1.54) is 22.9 Å². The van der Waals surface area contributed by atoms with Crippen LogP contribution in [0.25, 0.3) is 10.9 Å². The first-order valence-electron chi connectivity index (χ1n) is 19.5. The van der Waals surface area contributed by atoms with E-state index < -0.39 is 23.6 Å². The molecule has 3 saturated heterocycles. The zero-order valence-corrected chi connectivity index (χ0v) is 33.0. The first kappa shape index (κ1) is 40.6. The van der Waals surface area contributed by atoms with Gasteiger partial charge in [-0.3, -0.25) is 19.7 Å². The van der Waals surface area contributed by atoms with Crippen LogP contribution >= 0.6 is 0 Å². The number of rotatable bonds is 14. The lowest BCUT2D eigenvalue weighted by molar-refractivity contribution is -0.120. The maximum atomic E-state index is 13.8. The first-order chi connectivity index (χ1) is 28.1. The van der Waals surface area contributed by atoms with Crippen LogP contribution in [0.1, 0.15) is 67.6 Å². The zero-order chi connectivity index (χ0) is 40.8. The Morgan fingerprint density at radius 1 is 1.02 bits per heavy atom. The molecule has 3 aliphatic rings. The number of aromatic nitrogens is 4. The number of ether oxygens (including phenoxy) is 1. The number of aryl methyl sites for hydroxylation is 1. The molecular weight excluding hydrogens is 769 g/mol. The SMILES string of the molecule is Cn1nc(N2CCC(=O)NC2=O)c2ccc(C3CCN(CC(CCC#N)Cc4cc(S(=O)N5CCC(Nc6ncc(OC(F)F)cn6)CC5)ccc4C#N)CC3)cc21. The van der Waals surface area contributed by atoms with Gasteiger partial charge in [-0.25, -0.2) is 23.3 Å². The number of carbonyl (C=O) groups excluding carboxylic acids is 2. The molecule has 58 heavy (non-hydrogen) atoms. The van der Waals surface area contributed by atoms with Gasteiger partial charge in [0.25, 0.3) is 0 Å². The standard InChI is InChI=1S/C40H45F2N11O4S/c1-50-35-21-28(5-7-34(35)37(49-50)53-18-12-36(54)48-40(53)55)27-8-14-51(15-9-27)25-26(3-2-13-43)19-30-20-33(6-4-29(30)22-44)58(56)52-16-10-31(11-17-52)47-39-45-23-32(24-46-39)57-38(41)42/h4-7,20-21,23-24,26-27,31,38H,2-3,8-12,14-19,25H2,1H3,(H,45,46,47)(H,48,54,55). The van der Waals surface area contributed by atoms with Gasteiger partial charge in [-0.05, 0) is 105 Å². The number of urea groups is 1. The lowest BCUT2D eigenvalue weighted by atomic mass is 9.87. The minimum Gasteiger partial charge on any atom is -0.432 e. The summed E-state index contributed by atoms with van der Waals surface area (Å²) in [6.45, 7) is 0.978. The molecule has 3 fully saturated rings. The monoisotopic (exact) mass is 813 g/mol. The third-order valence-corrected chi connectivity index (χ3v) is 12.7. The normalized spacial score (nSPS) is 18.5. The van der Waals surface area contributed by atoms with Crippen LogP contribution in [0, 0.1) is 28.6 Å². The van der Waals surface area contributed by atoms with Crippen LogP contribution in [0.15, 0.2) is 53.7 Å². The molecule has 3 amide bonds. The van der Waals surface area contributed by atoms with Crippen molar-refractivity contribution in [3.8, 4) is 17.9 Å². The van der Waals surface area contributed by atoms with E-state index in [2.05, 4.69) is 59.6 Å². The molecule has 2 unspecified atom stereocenters. The van der Waals surface area contributed by atoms with Crippen molar-refractivity contribution in [2.75, 3.05) is 49.5 Å². The van der Waals surface area contributed by atoms with Crippen LogP contribution in [0.5, 0.6) is 5.75 Å². The molecule has 18 heteroatoms. The molecule has 7 rings (SSSR count). The number of imide groups is 1. The molecule has 5 heterocycles. The third kappa shape index (κ3) is 9.58. The predicted molar refractivity (Wildman–Crippen MR) is 211 cm³/mol. The van der Waals surface area contributed by atoms with Gasteiger partial charge in [-0.1, -0.05) is 6.07 Å². The van der Waals surface area contributed by atoms with Crippen molar-refractivity contribution in [1.29, 1.82) is 10.5 Å². The van der Waals surface area contributed by atoms with Crippen molar-refractivity contribution in [3.63, 3.8) is 0 Å². The number of likely N-dealkylation sites (tertiary alicyclic amines) is 1. The van der Waals surface area contributed by atoms with E-state index in [1.807, 2.05) is 23.5 Å². The van der Waals surface area contributed by atoms with E-state index in [0.29, 0.717) is 73.3 Å². The van der Waals surface area contributed by atoms with Gasteiger partial charge in [-0.2, -0.15) is 24.4 Å². The van der Waals surface area contributed by atoms with Crippen molar-refractivity contribution in [1.82, 2.24) is 34.3 Å². The summed E-state index contributed by atoms with van der Waals surface area (Å²) in [4.78, 5) is 36.9. The summed E-state index contributed by atoms with van der Waals surface area (Å²) in [5, 5.41) is 30.6. The highest BCUT2D eigenvalue weighted by molar-refractivity contribution is 7.82. The van der Waals surface area contributed by atoms with Crippen molar-refractivity contribution in [2.24, 2.45) is 13.0 Å². The Bertz CT molecular complexity index is 2230. The molecule has 3 aliphatic heterocycles. The Morgan fingerprint density at radius 3 is 2.47 bits per heavy atom. The number of nitrogens with zero attached hydrogens (tertiary/aromatic N) is 9. The topological polar surface area (TPSA) is 185 Å². The number of benzene rings is 2. The van der Waals surface area contributed by atoms with Crippen molar-refractivity contribution < 1.29 is 27.3 Å². The molecule has 0 saturated carbocycles. The minimum atomic E-state index is -2.95. The van der Waals surface area contributed by atoms with Gasteiger partial charge in [0.1, 0.15) is 11.0 Å². The summed E-state index contributed by atoms with van der Waals surface area (Å²) < 4.78 is 46.7. The van der Waals surface area contributed by atoms with Crippen molar-refractivity contribution >= 4 is 45.6 Å². The van der Waals surface area contributed by atoms with Crippen molar-refractivity contribution in [2.45, 2.75) is 74.8 Å². The lowest BCUT2D eigenvalue weighted by Gasteiger charge is -2.34. The number of nitriles is 2.